The molecule has 1 aromatic rings. The number of rotatable bonds is 3. The van der Waals surface area contributed by atoms with Crippen molar-refractivity contribution in [2.24, 2.45) is 5.10 Å². The molecule has 1 heterocycles. The highest BCUT2D eigenvalue weighted by Gasteiger charge is 2.23. The number of nitrogens with one attached hydrogen (secondary N) is 1. The van der Waals surface area contributed by atoms with E-state index in [0.29, 0.717) is 18.6 Å². The van der Waals surface area contributed by atoms with Crippen molar-refractivity contribution in [2.45, 2.75) is 32.7 Å². The van der Waals surface area contributed by atoms with Gasteiger partial charge in [0, 0.05) is 19.9 Å². The van der Waals surface area contributed by atoms with E-state index in [2.05, 4.69) is 10.4 Å². The van der Waals surface area contributed by atoms with Crippen LogP contribution in [0.4, 0.5) is 0 Å². The van der Waals surface area contributed by atoms with Gasteiger partial charge in [0.2, 0.25) is 5.91 Å². The van der Waals surface area contributed by atoms with Crippen LogP contribution in [-0.2, 0) is 9.59 Å². The molecule has 0 saturated heterocycles. The van der Waals surface area contributed by atoms with E-state index in [0.717, 1.165) is 11.1 Å². The summed E-state index contributed by atoms with van der Waals surface area (Å²) in [6.45, 7) is 3.96. The molecule has 5 heteroatoms. The lowest BCUT2D eigenvalue weighted by molar-refractivity contribution is -0.130. The van der Waals surface area contributed by atoms with Crippen LogP contribution in [0.5, 0.6) is 0 Å². The minimum absolute atomic E-state index is 0.0616. The first kappa shape index (κ1) is 14.2. The minimum atomic E-state index is -0.208. The van der Waals surface area contributed by atoms with Crippen LogP contribution in [0.3, 0.4) is 0 Å². The van der Waals surface area contributed by atoms with Gasteiger partial charge in [-0.05, 0) is 25.0 Å². The molecule has 1 unspecified atom stereocenters. The predicted molar refractivity (Wildman–Crippen MR) is 77.2 cm³/mol. The number of carbonyl (C=O) groups excluding carboxylic acids is 2. The third kappa shape index (κ3) is 3.04. The Morgan fingerprint density at radius 2 is 2.05 bits per heavy atom. The summed E-state index contributed by atoms with van der Waals surface area (Å²) < 4.78 is 0. The van der Waals surface area contributed by atoms with E-state index in [9.17, 15) is 9.59 Å². The molecular weight excluding hydrogens is 254 g/mol. The zero-order chi connectivity index (χ0) is 14.7. The third-order valence-electron chi connectivity index (χ3n) is 3.47. The molecule has 20 heavy (non-hydrogen) atoms. The molecule has 0 aromatic heterocycles. The van der Waals surface area contributed by atoms with Crippen molar-refractivity contribution in [3.63, 3.8) is 0 Å². The summed E-state index contributed by atoms with van der Waals surface area (Å²) in [7, 11) is 1.57. The lowest BCUT2D eigenvalue weighted by Gasteiger charge is -2.21. The van der Waals surface area contributed by atoms with Crippen LogP contribution in [0.2, 0.25) is 0 Å². The number of carbonyl (C=O) groups is 2. The summed E-state index contributed by atoms with van der Waals surface area (Å²) in [5, 5.41) is 8.19. The summed E-state index contributed by atoms with van der Waals surface area (Å²) in [5.74, 6) is -0.270. The number of hydrogen-bond donors (Lipinski definition) is 1. The quantitative estimate of drug-likeness (QED) is 0.912. The van der Waals surface area contributed by atoms with Crippen LogP contribution < -0.4 is 5.32 Å². The number of nitrogens with zero attached hydrogens (tertiary/aromatic N) is 2. The van der Waals surface area contributed by atoms with Crippen LogP contribution in [-0.4, -0.2) is 29.6 Å². The van der Waals surface area contributed by atoms with Gasteiger partial charge in [0.15, 0.2) is 0 Å². The second-order valence-electron chi connectivity index (χ2n) is 5.02. The second kappa shape index (κ2) is 5.86. The molecule has 0 saturated carbocycles. The van der Waals surface area contributed by atoms with Crippen molar-refractivity contribution in [2.75, 3.05) is 7.05 Å². The van der Waals surface area contributed by atoms with Crippen molar-refractivity contribution in [3.8, 4) is 0 Å². The molecule has 0 aliphatic carbocycles. The maximum absolute atomic E-state index is 12.2. The Bertz CT molecular complexity index is 566. The van der Waals surface area contributed by atoms with E-state index >= 15 is 0 Å². The maximum atomic E-state index is 12.2. The topological polar surface area (TPSA) is 61.8 Å². The summed E-state index contributed by atoms with van der Waals surface area (Å²) in [6.07, 6.45) is 0.733. The van der Waals surface area contributed by atoms with Crippen LogP contribution in [0.25, 0.3) is 0 Å². The first-order chi connectivity index (χ1) is 9.49. The van der Waals surface area contributed by atoms with Crippen LogP contribution in [0, 0.1) is 6.92 Å². The van der Waals surface area contributed by atoms with Gasteiger partial charge in [-0.15, -0.1) is 0 Å². The number of hydrogen-bond acceptors (Lipinski definition) is 3. The Labute approximate surface area is 118 Å². The van der Waals surface area contributed by atoms with E-state index in [-0.39, 0.29) is 17.9 Å². The first-order valence-corrected chi connectivity index (χ1v) is 6.69. The first-order valence-electron chi connectivity index (χ1n) is 6.69. The third-order valence-corrected chi connectivity index (χ3v) is 3.47. The van der Waals surface area contributed by atoms with E-state index < -0.39 is 0 Å². The lowest BCUT2D eigenvalue weighted by Crippen LogP contribution is -2.38. The molecule has 0 bridgehead atoms. The lowest BCUT2D eigenvalue weighted by atomic mass is 10.0. The molecule has 0 fully saturated rings. The van der Waals surface area contributed by atoms with Gasteiger partial charge in [0.05, 0.1) is 6.04 Å². The predicted octanol–water partition coefficient (Wildman–Crippen LogP) is 1.78. The van der Waals surface area contributed by atoms with Crippen molar-refractivity contribution in [1.29, 1.82) is 0 Å². The van der Waals surface area contributed by atoms with Gasteiger partial charge in [-0.3, -0.25) is 9.59 Å². The van der Waals surface area contributed by atoms with Crippen LogP contribution >= 0.6 is 0 Å². The SMILES string of the molecule is Cc1ccccc1C(C)NC(=O)C1=NN(C)C(=O)CC1. The van der Waals surface area contributed by atoms with Crippen LogP contribution in [0.1, 0.15) is 36.9 Å². The minimum Gasteiger partial charge on any atom is -0.344 e. The molecule has 1 N–H and O–H groups in total. The Kier molecular flexibility index (Phi) is 4.17. The van der Waals surface area contributed by atoms with Gasteiger partial charge in [-0.2, -0.15) is 5.10 Å². The van der Waals surface area contributed by atoms with Gasteiger partial charge < -0.3 is 5.32 Å². The Balaban J connectivity index is 2.07. The molecule has 2 amide bonds. The van der Waals surface area contributed by atoms with E-state index in [1.54, 1.807) is 7.05 Å². The largest absolute Gasteiger partial charge is 0.344 e. The van der Waals surface area contributed by atoms with Crippen molar-refractivity contribution in [3.05, 3.63) is 35.4 Å². The highest BCUT2D eigenvalue weighted by Crippen LogP contribution is 2.17. The van der Waals surface area contributed by atoms with Gasteiger partial charge in [-0.1, -0.05) is 24.3 Å². The number of amides is 2. The Morgan fingerprint density at radius 3 is 2.70 bits per heavy atom. The van der Waals surface area contributed by atoms with Gasteiger partial charge in [0.1, 0.15) is 5.71 Å². The molecular formula is C15H19N3O2. The fourth-order valence-corrected chi connectivity index (χ4v) is 2.26. The number of aryl methyl sites for hydroxylation is 1. The molecule has 0 radical (unpaired) electrons. The summed E-state index contributed by atoms with van der Waals surface area (Å²) >= 11 is 0. The standard InChI is InChI=1S/C15H19N3O2/c1-10-6-4-5-7-12(10)11(2)16-15(20)13-8-9-14(19)18(3)17-13/h4-7,11H,8-9H2,1-3H3,(H,16,20). The van der Waals surface area contributed by atoms with Crippen molar-refractivity contribution >= 4 is 17.5 Å². The smallest absolute Gasteiger partial charge is 0.267 e. The Hall–Kier alpha value is -2.17. The summed E-state index contributed by atoms with van der Waals surface area (Å²) in [5.41, 5.74) is 2.63. The average Bonchev–Trinajstić information content (AvgIpc) is 2.42. The molecule has 1 aromatic carbocycles. The molecule has 106 valence electrons. The van der Waals surface area contributed by atoms with E-state index in [4.69, 9.17) is 0 Å². The number of hydrazone groups is 1. The monoisotopic (exact) mass is 273 g/mol. The van der Waals surface area contributed by atoms with Crippen molar-refractivity contribution in [1.82, 2.24) is 10.3 Å². The molecule has 1 aliphatic rings. The fraction of sp³-hybridized carbons (Fsp3) is 0.400. The molecule has 5 nitrogen and oxygen atoms in total. The number of benzene rings is 1. The second-order valence-corrected chi connectivity index (χ2v) is 5.02. The molecule has 2 rings (SSSR count). The zero-order valence-corrected chi connectivity index (χ0v) is 12.0. The van der Waals surface area contributed by atoms with Crippen molar-refractivity contribution < 1.29 is 9.59 Å². The zero-order valence-electron chi connectivity index (χ0n) is 12.0. The summed E-state index contributed by atoms with van der Waals surface area (Å²) in [4.78, 5) is 23.5. The van der Waals surface area contributed by atoms with Crippen LogP contribution in [0.15, 0.2) is 29.4 Å². The molecule has 1 aliphatic heterocycles. The molecule has 1 atom stereocenters. The van der Waals surface area contributed by atoms with Gasteiger partial charge in [0.25, 0.3) is 5.91 Å². The maximum Gasteiger partial charge on any atom is 0.267 e. The Morgan fingerprint density at radius 1 is 1.35 bits per heavy atom. The highest BCUT2D eigenvalue weighted by atomic mass is 16.2. The average molecular weight is 273 g/mol. The van der Waals surface area contributed by atoms with Gasteiger partial charge in [-0.25, -0.2) is 5.01 Å². The summed E-state index contributed by atoms with van der Waals surface area (Å²) in [6, 6.07) is 7.85. The van der Waals surface area contributed by atoms with Gasteiger partial charge >= 0.3 is 0 Å². The normalized spacial score (nSPS) is 16.6. The fourth-order valence-electron chi connectivity index (χ4n) is 2.26. The van der Waals surface area contributed by atoms with E-state index in [1.807, 2.05) is 38.1 Å². The molecule has 0 spiro atoms. The van der Waals surface area contributed by atoms with E-state index in [1.165, 1.54) is 5.01 Å². The highest BCUT2D eigenvalue weighted by molar-refractivity contribution is 6.39.